The van der Waals surface area contributed by atoms with Gasteiger partial charge >= 0.3 is 0 Å². The van der Waals surface area contributed by atoms with Crippen molar-refractivity contribution in [3.8, 4) is 11.3 Å². The molecule has 0 aliphatic carbocycles. The number of halogens is 1. The van der Waals surface area contributed by atoms with Crippen LogP contribution in [0.2, 0.25) is 0 Å². The summed E-state index contributed by atoms with van der Waals surface area (Å²) in [6, 6.07) is 8.75. The molecule has 1 saturated heterocycles. The van der Waals surface area contributed by atoms with Gasteiger partial charge in [0.05, 0.1) is 45.3 Å². The predicted octanol–water partition coefficient (Wildman–Crippen LogP) is 5.38. The monoisotopic (exact) mass is 531 g/mol. The van der Waals surface area contributed by atoms with E-state index in [9.17, 15) is 5.11 Å². The molecule has 39 heavy (non-hydrogen) atoms. The number of hydrogen-bond acceptors (Lipinski definition) is 6. The Kier molecular flexibility index (Phi) is 5.40. The Bertz CT molecular complexity index is 1780. The van der Waals surface area contributed by atoms with E-state index in [1.165, 1.54) is 10.7 Å². The summed E-state index contributed by atoms with van der Waals surface area (Å²) in [5.74, 6) is -0.467. The smallest absolute Gasteiger partial charge is 0.133 e. The molecule has 8 nitrogen and oxygen atoms in total. The average molecular weight is 532 g/mol. The van der Waals surface area contributed by atoms with Gasteiger partial charge in [-0.1, -0.05) is 11.3 Å². The van der Waals surface area contributed by atoms with Crippen molar-refractivity contribution in [2.45, 2.75) is 52.1 Å². The highest BCUT2D eigenvalue weighted by Crippen LogP contribution is 2.42. The molecule has 0 saturated carbocycles. The molecule has 5 aromatic rings. The van der Waals surface area contributed by atoms with Crippen LogP contribution in [0.25, 0.3) is 33.2 Å². The van der Waals surface area contributed by atoms with E-state index < -0.39 is 18.3 Å². The summed E-state index contributed by atoms with van der Waals surface area (Å²) in [5, 5.41) is 19.2. The summed E-state index contributed by atoms with van der Waals surface area (Å²) in [7, 11) is 1.55. The first kappa shape index (κ1) is 22.2. The van der Waals surface area contributed by atoms with Crippen LogP contribution < -0.4 is 0 Å². The first-order valence-corrected chi connectivity index (χ1v) is 13.1. The fourth-order valence-corrected chi connectivity index (χ4v) is 5.67. The van der Waals surface area contributed by atoms with Crippen LogP contribution in [0.3, 0.4) is 0 Å². The van der Waals surface area contributed by atoms with E-state index in [1.54, 1.807) is 33.2 Å². The van der Waals surface area contributed by atoms with Crippen LogP contribution in [0.4, 0.5) is 4.39 Å². The standard InChI is InChI=1S/C30H33FN6O2/c1-17-6-7-24(32-15-17)29(19-8-10-39-11-9-19)37-25-14-21(28-18(2)34-35-36(28)5)23(31)13-22(25)27-26(37)12-20(16-33-27)30(3,4)38/h6-7,12-16,19,29,38H,8-11H2,1-5H3/i2D3. The van der Waals surface area contributed by atoms with Gasteiger partial charge in [0.1, 0.15) is 5.82 Å². The summed E-state index contributed by atoms with van der Waals surface area (Å²) in [5.41, 5.74) is 3.19. The van der Waals surface area contributed by atoms with Crippen molar-refractivity contribution < 1.29 is 18.3 Å². The molecule has 1 aromatic carbocycles. The van der Waals surface area contributed by atoms with Gasteiger partial charge in [-0.25, -0.2) is 9.07 Å². The second-order valence-corrected chi connectivity index (χ2v) is 10.9. The molecule has 4 aromatic heterocycles. The molecule has 0 bridgehead atoms. The molecule has 6 rings (SSSR count). The number of fused-ring (bicyclic) bond motifs is 3. The lowest BCUT2D eigenvalue weighted by Crippen LogP contribution is -2.27. The number of aromatic nitrogens is 6. The normalized spacial score (nSPS) is 17.3. The molecule has 1 atom stereocenters. The first-order valence-electron chi connectivity index (χ1n) is 14.6. The third-order valence-corrected chi connectivity index (χ3v) is 7.74. The molecule has 202 valence electrons. The fraction of sp³-hybridized carbons (Fsp3) is 0.400. The Balaban J connectivity index is 1.72. The highest BCUT2D eigenvalue weighted by molar-refractivity contribution is 6.07. The van der Waals surface area contributed by atoms with Crippen LogP contribution in [-0.4, -0.2) is 47.8 Å². The van der Waals surface area contributed by atoms with Gasteiger partial charge in [-0.15, -0.1) is 5.10 Å². The van der Waals surface area contributed by atoms with E-state index in [2.05, 4.69) is 14.9 Å². The van der Waals surface area contributed by atoms with Crippen LogP contribution in [0.1, 0.15) is 59.4 Å². The van der Waals surface area contributed by atoms with Gasteiger partial charge in [0.2, 0.25) is 0 Å². The molecule has 1 aliphatic heterocycles. The van der Waals surface area contributed by atoms with Gasteiger partial charge in [0.25, 0.3) is 0 Å². The van der Waals surface area contributed by atoms with Crippen LogP contribution in [0.5, 0.6) is 0 Å². The fourth-order valence-electron chi connectivity index (χ4n) is 5.67. The molecule has 1 unspecified atom stereocenters. The maximum atomic E-state index is 16.0. The number of hydrogen-bond donors (Lipinski definition) is 1. The largest absolute Gasteiger partial charge is 0.386 e. The van der Waals surface area contributed by atoms with Crippen LogP contribution in [0, 0.1) is 25.5 Å². The maximum Gasteiger partial charge on any atom is 0.133 e. The molecule has 0 spiro atoms. The second kappa shape index (κ2) is 9.50. The topological polar surface area (TPSA) is 90.9 Å². The number of aliphatic hydroxyl groups is 1. The van der Waals surface area contributed by atoms with Crippen molar-refractivity contribution in [2.75, 3.05) is 13.2 Å². The van der Waals surface area contributed by atoms with Crippen LogP contribution in [-0.2, 0) is 17.4 Å². The number of pyridine rings is 2. The van der Waals surface area contributed by atoms with Gasteiger partial charge in [-0.3, -0.25) is 9.97 Å². The van der Waals surface area contributed by atoms with E-state index in [1.807, 2.05) is 31.3 Å². The quantitative estimate of drug-likeness (QED) is 0.328. The summed E-state index contributed by atoms with van der Waals surface area (Å²) < 4.78 is 49.1. The summed E-state index contributed by atoms with van der Waals surface area (Å²) in [6.07, 6.45) is 5.04. The summed E-state index contributed by atoms with van der Waals surface area (Å²) >= 11 is 0. The minimum Gasteiger partial charge on any atom is -0.386 e. The zero-order valence-corrected chi connectivity index (χ0v) is 22.4. The van der Waals surface area contributed by atoms with Crippen LogP contribution in [0.15, 0.2) is 42.7 Å². The third kappa shape index (κ3) is 4.39. The number of rotatable bonds is 5. The molecule has 9 heteroatoms. The van der Waals surface area contributed by atoms with E-state index in [4.69, 9.17) is 18.8 Å². The van der Waals surface area contributed by atoms with Crippen molar-refractivity contribution in [1.82, 2.24) is 29.5 Å². The Morgan fingerprint density at radius 2 is 1.92 bits per heavy atom. The maximum absolute atomic E-state index is 16.0. The average Bonchev–Trinajstić information content (AvgIpc) is 3.47. The Hall–Kier alpha value is -3.69. The minimum atomic E-state index is -2.59. The van der Waals surface area contributed by atoms with Crippen molar-refractivity contribution in [2.24, 2.45) is 13.0 Å². The molecule has 1 aliphatic rings. The molecular formula is C30H33FN6O2. The number of aryl methyl sites for hydroxylation is 3. The Morgan fingerprint density at radius 3 is 2.62 bits per heavy atom. The minimum absolute atomic E-state index is 0.0792. The lowest BCUT2D eigenvalue weighted by Gasteiger charge is -2.32. The van der Waals surface area contributed by atoms with E-state index >= 15 is 4.39 Å². The highest BCUT2D eigenvalue weighted by atomic mass is 19.1. The van der Waals surface area contributed by atoms with Crippen molar-refractivity contribution in [3.63, 3.8) is 0 Å². The lowest BCUT2D eigenvalue weighted by atomic mass is 9.88. The number of benzene rings is 1. The van der Waals surface area contributed by atoms with Crippen molar-refractivity contribution in [3.05, 3.63) is 71.1 Å². The summed E-state index contributed by atoms with van der Waals surface area (Å²) in [4.78, 5) is 9.57. The number of ether oxygens (including phenoxy) is 1. The molecule has 1 N–H and O–H groups in total. The molecule has 0 radical (unpaired) electrons. The Morgan fingerprint density at radius 1 is 1.13 bits per heavy atom. The van der Waals surface area contributed by atoms with Crippen molar-refractivity contribution >= 4 is 21.9 Å². The second-order valence-electron chi connectivity index (χ2n) is 10.9. The van der Waals surface area contributed by atoms with E-state index in [0.717, 1.165) is 29.6 Å². The predicted molar refractivity (Wildman–Crippen MR) is 148 cm³/mol. The van der Waals surface area contributed by atoms with Gasteiger partial charge in [0, 0.05) is 53.3 Å². The zero-order valence-electron chi connectivity index (χ0n) is 25.4. The molecule has 0 amide bonds. The highest BCUT2D eigenvalue weighted by Gasteiger charge is 2.32. The van der Waals surface area contributed by atoms with Gasteiger partial charge in [0.15, 0.2) is 0 Å². The van der Waals surface area contributed by atoms with Gasteiger partial charge in [-0.05, 0) is 76.2 Å². The lowest BCUT2D eigenvalue weighted by molar-refractivity contribution is 0.0547. The molecule has 5 heterocycles. The zero-order chi connectivity index (χ0) is 30.0. The van der Waals surface area contributed by atoms with E-state index in [-0.39, 0.29) is 28.9 Å². The molecular weight excluding hydrogens is 495 g/mol. The number of nitrogens with zero attached hydrogens (tertiary/aromatic N) is 6. The van der Waals surface area contributed by atoms with Crippen molar-refractivity contribution in [1.29, 1.82) is 0 Å². The first-order chi connectivity index (χ1) is 19.8. The Labute approximate surface area is 230 Å². The van der Waals surface area contributed by atoms with Gasteiger partial charge < -0.3 is 14.4 Å². The van der Waals surface area contributed by atoms with Gasteiger partial charge in [-0.2, -0.15) is 0 Å². The third-order valence-electron chi connectivity index (χ3n) is 7.74. The molecule has 1 fully saturated rings. The summed E-state index contributed by atoms with van der Waals surface area (Å²) in [6.45, 7) is 4.02. The van der Waals surface area contributed by atoms with Crippen LogP contribution >= 0.6 is 0 Å². The SMILES string of the molecule is [2H]C([2H])([2H])c1nnn(C)c1-c1cc2c(cc1F)c1ncc(C(C)(C)O)cc1n2C(c1ccc(C)cn1)C1CCOCC1. The van der Waals surface area contributed by atoms with E-state index in [0.29, 0.717) is 35.2 Å².